The van der Waals surface area contributed by atoms with Gasteiger partial charge in [-0.25, -0.2) is 0 Å². The smallest absolute Gasteiger partial charge is 0.309 e. The predicted octanol–water partition coefficient (Wildman–Crippen LogP) is 1.89. The molecule has 2 fully saturated rings. The molecule has 0 saturated carbocycles. The Kier molecular flexibility index (Phi) is 6.75. The fourth-order valence-electron chi connectivity index (χ4n) is 3.76. The number of aliphatic hydroxyl groups is 1. The molecule has 1 N–H and O–H groups in total. The molecule has 156 valence electrons. The van der Waals surface area contributed by atoms with E-state index in [1.165, 1.54) is 31.5 Å². The summed E-state index contributed by atoms with van der Waals surface area (Å²) >= 11 is 0. The van der Waals surface area contributed by atoms with Crippen LogP contribution in [0.15, 0.2) is 18.2 Å². The van der Waals surface area contributed by atoms with Crippen LogP contribution in [0.5, 0.6) is 5.75 Å². The van der Waals surface area contributed by atoms with E-state index < -0.39 is 11.2 Å². The van der Waals surface area contributed by atoms with Crippen molar-refractivity contribution in [3.8, 4) is 5.75 Å². The van der Waals surface area contributed by atoms with Crippen molar-refractivity contribution in [2.24, 2.45) is 5.92 Å². The molecule has 0 atom stereocenters. The van der Waals surface area contributed by atoms with Crippen LogP contribution < -0.4 is 10.2 Å². The average Bonchev–Trinajstić information content (AvgIpc) is 2.60. The molecule has 28 heavy (non-hydrogen) atoms. The Morgan fingerprint density at radius 2 is 1.86 bits per heavy atom. The van der Waals surface area contributed by atoms with Crippen LogP contribution in [0.3, 0.4) is 0 Å². The Labute approximate surface area is 170 Å². The third-order valence-electron chi connectivity index (χ3n) is 6.72. The van der Waals surface area contributed by atoms with Crippen molar-refractivity contribution in [1.29, 1.82) is 0 Å². The molecule has 5 nitrogen and oxygen atoms in total. The van der Waals surface area contributed by atoms with Gasteiger partial charge in [-0.1, -0.05) is 12.1 Å². The normalized spacial score (nSPS) is 20.1. The number of nitrogens with zero attached hydrogens (tertiary/aromatic N) is 1. The van der Waals surface area contributed by atoms with Gasteiger partial charge in [0.2, 0.25) is 0 Å². The number of piperidine rings is 1. The lowest BCUT2D eigenvalue weighted by Gasteiger charge is -2.41. The first-order valence-corrected chi connectivity index (χ1v) is 10.5. The van der Waals surface area contributed by atoms with Gasteiger partial charge in [0.15, 0.2) is 0 Å². The van der Waals surface area contributed by atoms with Crippen molar-refractivity contribution in [1.82, 2.24) is 4.90 Å². The van der Waals surface area contributed by atoms with E-state index in [0.29, 0.717) is 19.4 Å². The first-order valence-electron chi connectivity index (χ1n) is 10.5. The van der Waals surface area contributed by atoms with Crippen LogP contribution in [0, 0.1) is 5.92 Å². The maximum atomic E-state index is 10.3. The Bertz CT molecular complexity index is 646. The lowest BCUT2D eigenvalue weighted by Crippen LogP contribution is -2.51. The van der Waals surface area contributed by atoms with Gasteiger partial charge >= 0.3 is 7.48 Å². The van der Waals surface area contributed by atoms with Crippen LogP contribution in [0.4, 0.5) is 0 Å². The Balaban J connectivity index is 1.56. The Hall–Kier alpha value is -1.08. The van der Waals surface area contributed by atoms with E-state index in [1.54, 1.807) is 21.0 Å². The molecular formula is C22H36BNO4. The van der Waals surface area contributed by atoms with E-state index in [2.05, 4.69) is 23.1 Å². The number of rotatable bonds is 8. The molecule has 0 spiro atoms. The van der Waals surface area contributed by atoms with Crippen molar-refractivity contribution in [2.45, 2.75) is 64.2 Å². The van der Waals surface area contributed by atoms with Gasteiger partial charge in [-0.15, -0.1) is 0 Å². The number of ether oxygens (including phenoxy) is 2. The zero-order valence-corrected chi connectivity index (χ0v) is 18.2. The largest absolute Gasteiger partial charge is 0.496 e. The molecule has 2 aliphatic heterocycles. The molecule has 2 heterocycles. The molecule has 0 radical (unpaired) electrons. The summed E-state index contributed by atoms with van der Waals surface area (Å²) in [7, 11) is 2.19. The van der Waals surface area contributed by atoms with Gasteiger partial charge in [0.1, 0.15) is 5.75 Å². The highest BCUT2D eigenvalue weighted by Gasteiger charge is 2.35. The number of hydrogen-bond donors (Lipinski definition) is 1. The summed E-state index contributed by atoms with van der Waals surface area (Å²) in [4.78, 5) is 2.59. The molecule has 2 aliphatic rings. The minimum Gasteiger partial charge on any atom is -0.496 e. The molecule has 3 rings (SSSR count). The SMILES string of the molecule is COc1cc(BOC(C)(C)C(C)(C)O)ccc1CC1CCN(C2COC2)CC1. The standard InChI is InChI=1S/C22H36BNO4/c1-21(2,25)22(3,4)28-23-18-7-6-17(20(13-18)26-5)12-16-8-10-24(11-9-16)19-14-27-15-19/h6-7,13,16,19,23,25H,8-12,14-15H2,1-5H3. The lowest BCUT2D eigenvalue weighted by atomic mass is 9.81. The van der Waals surface area contributed by atoms with E-state index >= 15 is 0 Å². The number of methoxy groups -OCH3 is 1. The van der Waals surface area contributed by atoms with Gasteiger partial charge in [0.05, 0.1) is 37.6 Å². The third kappa shape index (κ3) is 5.09. The van der Waals surface area contributed by atoms with Gasteiger partial charge in [0, 0.05) is 0 Å². The highest BCUT2D eigenvalue weighted by Crippen LogP contribution is 2.28. The lowest BCUT2D eigenvalue weighted by molar-refractivity contribution is -0.0893. The maximum Gasteiger partial charge on any atom is 0.309 e. The summed E-state index contributed by atoms with van der Waals surface area (Å²) in [6.07, 6.45) is 3.54. The maximum absolute atomic E-state index is 10.3. The summed E-state index contributed by atoms with van der Waals surface area (Å²) in [6, 6.07) is 7.04. The quantitative estimate of drug-likeness (QED) is 0.689. The monoisotopic (exact) mass is 389 g/mol. The highest BCUT2D eigenvalue weighted by molar-refractivity contribution is 6.47. The molecule has 0 aliphatic carbocycles. The summed E-state index contributed by atoms with van der Waals surface area (Å²) in [5, 5.41) is 10.3. The van der Waals surface area contributed by atoms with E-state index in [9.17, 15) is 5.11 Å². The van der Waals surface area contributed by atoms with Crippen LogP contribution in [-0.2, 0) is 15.8 Å². The van der Waals surface area contributed by atoms with Crippen molar-refractivity contribution in [3.63, 3.8) is 0 Å². The number of benzene rings is 1. The number of likely N-dealkylation sites (tertiary alicyclic amines) is 1. The fraction of sp³-hybridized carbons (Fsp3) is 0.727. The Morgan fingerprint density at radius 1 is 1.18 bits per heavy atom. The summed E-state index contributed by atoms with van der Waals surface area (Å²) in [6.45, 7) is 11.6. The predicted molar refractivity (Wildman–Crippen MR) is 114 cm³/mol. The minimum absolute atomic E-state index is 0.454. The first-order chi connectivity index (χ1) is 13.2. The van der Waals surface area contributed by atoms with Crippen molar-refractivity contribution >= 4 is 12.9 Å². The zero-order chi connectivity index (χ0) is 20.4. The van der Waals surface area contributed by atoms with Gasteiger partial charge in [0.25, 0.3) is 0 Å². The summed E-state index contributed by atoms with van der Waals surface area (Å²) < 4.78 is 17.0. The molecule has 0 amide bonds. The topological polar surface area (TPSA) is 51.2 Å². The van der Waals surface area contributed by atoms with Gasteiger partial charge in [-0.3, -0.25) is 4.90 Å². The van der Waals surface area contributed by atoms with E-state index in [4.69, 9.17) is 14.1 Å². The Morgan fingerprint density at radius 3 is 2.39 bits per heavy atom. The fourth-order valence-corrected chi connectivity index (χ4v) is 3.76. The molecule has 0 aromatic heterocycles. The highest BCUT2D eigenvalue weighted by atomic mass is 16.5. The first kappa shape index (κ1) is 21.6. The van der Waals surface area contributed by atoms with E-state index in [0.717, 1.165) is 30.8 Å². The van der Waals surface area contributed by atoms with Crippen molar-refractivity contribution in [2.75, 3.05) is 33.4 Å². The van der Waals surface area contributed by atoms with Gasteiger partial charge in [-0.05, 0) is 83.1 Å². The van der Waals surface area contributed by atoms with Crippen molar-refractivity contribution in [3.05, 3.63) is 23.8 Å². The summed E-state index contributed by atoms with van der Waals surface area (Å²) in [5.74, 6) is 1.65. The van der Waals surface area contributed by atoms with E-state index in [-0.39, 0.29) is 0 Å². The third-order valence-corrected chi connectivity index (χ3v) is 6.72. The van der Waals surface area contributed by atoms with Crippen molar-refractivity contribution < 1.29 is 19.2 Å². The minimum atomic E-state index is -0.905. The second-order valence-corrected chi connectivity index (χ2v) is 9.38. The zero-order valence-electron chi connectivity index (χ0n) is 18.2. The molecule has 2 saturated heterocycles. The molecule has 1 aromatic rings. The molecule has 1 aromatic carbocycles. The van der Waals surface area contributed by atoms with E-state index in [1.807, 2.05) is 13.8 Å². The van der Waals surface area contributed by atoms with Crippen LogP contribution in [-0.4, -0.2) is 68.1 Å². The van der Waals surface area contributed by atoms with Crippen LogP contribution in [0.1, 0.15) is 46.1 Å². The van der Waals surface area contributed by atoms with Gasteiger partial charge in [-0.2, -0.15) is 0 Å². The summed E-state index contributed by atoms with van der Waals surface area (Å²) in [5.41, 5.74) is 0.812. The number of hydrogen-bond acceptors (Lipinski definition) is 5. The molecular weight excluding hydrogens is 353 g/mol. The van der Waals surface area contributed by atoms with Crippen LogP contribution >= 0.6 is 0 Å². The molecule has 0 unspecified atom stereocenters. The average molecular weight is 389 g/mol. The second-order valence-electron chi connectivity index (χ2n) is 9.38. The molecule has 6 heteroatoms. The molecule has 0 bridgehead atoms. The van der Waals surface area contributed by atoms with Crippen LogP contribution in [0.2, 0.25) is 0 Å². The van der Waals surface area contributed by atoms with Gasteiger partial charge < -0.3 is 19.2 Å². The van der Waals surface area contributed by atoms with Crippen LogP contribution in [0.25, 0.3) is 0 Å². The second kappa shape index (κ2) is 8.74.